The molecule has 0 spiro atoms. The predicted octanol–water partition coefficient (Wildman–Crippen LogP) is 5.18. The Balaban J connectivity index is 1.47. The van der Waals surface area contributed by atoms with Gasteiger partial charge in [-0.2, -0.15) is 0 Å². The van der Waals surface area contributed by atoms with Gasteiger partial charge in [-0.05, 0) is 79.6 Å². The third-order valence-electron chi connectivity index (χ3n) is 8.89. The van der Waals surface area contributed by atoms with Gasteiger partial charge in [-0.1, -0.05) is 38.2 Å². The zero-order valence-corrected chi connectivity index (χ0v) is 20.0. The highest BCUT2D eigenvalue weighted by Crippen LogP contribution is 2.65. The summed E-state index contributed by atoms with van der Waals surface area (Å²) >= 11 is 0. The molecule has 4 aliphatic carbocycles. The van der Waals surface area contributed by atoms with Crippen LogP contribution < -0.4 is 10.9 Å². The summed E-state index contributed by atoms with van der Waals surface area (Å²) in [5.41, 5.74) is 9.35. The number of nitrogens with one attached hydrogen (secondary N) is 2. The normalized spacial score (nSPS) is 37.6. The van der Waals surface area contributed by atoms with E-state index in [9.17, 15) is 9.59 Å². The molecular formula is C26H38N2O4. The lowest BCUT2D eigenvalue weighted by Gasteiger charge is -2.57. The molecule has 2 saturated carbocycles. The molecule has 0 aliphatic heterocycles. The van der Waals surface area contributed by atoms with Crippen molar-refractivity contribution >= 4 is 12.1 Å². The fraction of sp³-hybridized carbons (Fsp3) is 0.692. The van der Waals surface area contributed by atoms with E-state index in [1.54, 1.807) is 6.92 Å². The van der Waals surface area contributed by atoms with Crippen molar-refractivity contribution in [3.63, 3.8) is 0 Å². The van der Waals surface area contributed by atoms with Crippen LogP contribution in [0.25, 0.3) is 0 Å². The van der Waals surface area contributed by atoms with Crippen LogP contribution in [0.15, 0.2) is 35.6 Å². The number of amides is 1. The molecule has 0 aromatic heterocycles. The maximum absolute atomic E-state index is 11.7. The van der Waals surface area contributed by atoms with E-state index in [1.807, 2.05) is 0 Å². The van der Waals surface area contributed by atoms with Gasteiger partial charge in [-0.15, -0.1) is 0 Å². The number of ether oxygens (including phenoxy) is 2. The third kappa shape index (κ3) is 3.86. The number of esters is 1. The van der Waals surface area contributed by atoms with Crippen molar-refractivity contribution in [1.82, 2.24) is 10.9 Å². The number of hydrogen-bond donors (Lipinski definition) is 2. The van der Waals surface area contributed by atoms with E-state index in [0.717, 1.165) is 44.2 Å². The average molecular weight is 443 g/mol. The topological polar surface area (TPSA) is 76.7 Å². The van der Waals surface area contributed by atoms with Crippen LogP contribution in [-0.2, 0) is 14.3 Å². The molecule has 0 aromatic rings. The highest BCUT2D eigenvalue weighted by molar-refractivity contribution is 5.67. The monoisotopic (exact) mass is 442 g/mol. The maximum atomic E-state index is 11.7. The fourth-order valence-corrected chi connectivity index (χ4v) is 7.36. The zero-order valence-electron chi connectivity index (χ0n) is 20.0. The Morgan fingerprint density at radius 2 is 1.84 bits per heavy atom. The van der Waals surface area contributed by atoms with Crippen molar-refractivity contribution in [3.05, 3.63) is 35.6 Å². The number of hydrazine groups is 1. The lowest BCUT2D eigenvalue weighted by Crippen LogP contribution is -2.50. The Morgan fingerprint density at radius 1 is 1.09 bits per heavy atom. The number of rotatable bonds is 5. The number of allylic oxidation sites excluding steroid dienone is 3. The molecule has 0 heterocycles. The Bertz CT molecular complexity index is 862. The molecule has 176 valence electrons. The number of hydrogen-bond acceptors (Lipinski definition) is 5. The molecule has 4 rings (SSSR count). The van der Waals surface area contributed by atoms with Gasteiger partial charge < -0.3 is 9.47 Å². The van der Waals surface area contributed by atoms with Crippen LogP contribution in [0.3, 0.4) is 0 Å². The first-order chi connectivity index (χ1) is 15.2. The van der Waals surface area contributed by atoms with E-state index < -0.39 is 6.09 Å². The summed E-state index contributed by atoms with van der Waals surface area (Å²) in [6.45, 7) is 12.7. The van der Waals surface area contributed by atoms with Gasteiger partial charge in [0.15, 0.2) is 0 Å². The number of fused-ring (bicyclic) bond motifs is 5. The van der Waals surface area contributed by atoms with Crippen LogP contribution in [-0.4, -0.2) is 24.8 Å². The number of carbonyl (C=O) groups is 2. The Hall–Kier alpha value is -2.24. The molecule has 6 nitrogen and oxygen atoms in total. The predicted molar refractivity (Wildman–Crippen MR) is 123 cm³/mol. The van der Waals surface area contributed by atoms with E-state index in [4.69, 9.17) is 9.47 Å². The van der Waals surface area contributed by atoms with Crippen LogP contribution >= 0.6 is 0 Å². The molecule has 1 amide bonds. The van der Waals surface area contributed by atoms with Gasteiger partial charge in [0.05, 0.1) is 12.3 Å². The van der Waals surface area contributed by atoms with Gasteiger partial charge in [0.25, 0.3) is 0 Å². The van der Waals surface area contributed by atoms with Gasteiger partial charge in [0, 0.05) is 13.3 Å². The molecule has 32 heavy (non-hydrogen) atoms. The largest absolute Gasteiger partial charge is 0.462 e. The highest BCUT2D eigenvalue weighted by atomic mass is 16.6. The van der Waals surface area contributed by atoms with Gasteiger partial charge in [0.1, 0.15) is 6.10 Å². The average Bonchev–Trinajstić information content (AvgIpc) is 3.09. The summed E-state index contributed by atoms with van der Waals surface area (Å²) in [5.74, 6) is 1.73. The van der Waals surface area contributed by atoms with Crippen molar-refractivity contribution in [2.45, 2.75) is 78.7 Å². The minimum absolute atomic E-state index is 0.0401. The Kier molecular flexibility index (Phi) is 6.17. The standard InChI is InChI=1S/C26H38N2O4/c1-6-31-24(30)28-27-16(2)21-9-10-22-20-8-7-18-15-19(32-17(3)29)11-13-25(18,4)23(20)12-14-26(21,22)5/h7,9,19-20,22-23,27H,2,6,8,10-15H2,1,3-5H3,(H,28,30)/t19-,20-,22+,23+,25-,26+/m0/s1. The van der Waals surface area contributed by atoms with Crippen molar-refractivity contribution < 1.29 is 19.1 Å². The first-order valence-corrected chi connectivity index (χ1v) is 12.1. The van der Waals surface area contributed by atoms with Gasteiger partial charge in [-0.3, -0.25) is 10.2 Å². The van der Waals surface area contributed by atoms with Crippen LogP contribution in [0.1, 0.15) is 72.6 Å². The van der Waals surface area contributed by atoms with Gasteiger partial charge in [-0.25, -0.2) is 10.2 Å². The number of carbonyl (C=O) groups excluding carboxylic acids is 2. The second-order valence-corrected chi connectivity index (χ2v) is 10.5. The molecule has 0 radical (unpaired) electrons. The van der Waals surface area contributed by atoms with Crippen LogP contribution in [0, 0.1) is 28.6 Å². The smallest absolute Gasteiger partial charge is 0.425 e. The molecule has 6 atom stereocenters. The van der Waals surface area contributed by atoms with E-state index in [0.29, 0.717) is 24.4 Å². The first kappa shape index (κ1) is 22.9. The summed E-state index contributed by atoms with van der Waals surface area (Å²) in [7, 11) is 0. The van der Waals surface area contributed by atoms with Crippen molar-refractivity contribution in [2.75, 3.05) is 6.61 Å². The van der Waals surface area contributed by atoms with Crippen LogP contribution in [0.5, 0.6) is 0 Å². The molecule has 0 bridgehead atoms. The molecule has 0 aromatic carbocycles. The molecule has 0 saturated heterocycles. The molecule has 4 aliphatic rings. The molecule has 2 fully saturated rings. The molecular weight excluding hydrogens is 404 g/mol. The van der Waals surface area contributed by atoms with Crippen molar-refractivity contribution in [2.24, 2.45) is 28.6 Å². The highest BCUT2D eigenvalue weighted by Gasteiger charge is 2.57. The van der Waals surface area contributed by atoms with Crippen molar-refractivity contribution in [3.8, 4) is 0 Å². The maximum Gasteiger partial charge on any atom is 0.425 e. The van der Waals surface area contributed by atoms with Gasteiger partial charge in [0.2, 0.25) is 0 Å². The van der Waals surface area contributed by atoms with E-state index >= 15 is 0 Å². The molecule has 6 heteroatoms. The summed E-state index contributed by atoms with van der Waals surface area (Å²) in [6.07, 6.45) is 11.8. The van der Waals surface area contributed by atoms with E-state index in [-0.39, 0.29) is 22.9 Å². The van der Waals surface area contributed by atoms with Crippen molar-refractivity contribution in [1.29, 1.82) is 0 Å². The summed E-state index contributed by atoms with van der Waals surface area (Å²) in [6, 6.07) is 0. The second-order valence-electron chi connectivity index (χ2n) is 10.5. The van der Waals surface area contributed by atoms with Gasteiger partial charge >= 0.3 is 12.1 Å². The quantitative estimate of drug-likeness (QED) is 0.348. The zero-order chi connectivity index (χ0) is 23.1. The lowest BCUT2D eigenvalue weighted by molar-refractivity contribution is -0.148. The van der Waals surface area contributed by atoms with E-state index in [1.165, 1.54) is 24.5 Å². The lowest BCUT2D eigenvalue weighted by atomic mass is 9.47. The Labute approximate surface area is 191 Å². The SMILES string of the molecule is C=C(NNC(=O)OCC)C1=CC[C@@H]2[C@@H]3CC=C4C[C@@H](OC(C)=O)CC[C@]4(C)[C@@H]3CC[C@]12C. The third-order valence-corrected chi connectivity index (χ3v) is 8.89. The Morgan fingerprint density at radius 3 is 2.56 bits per heavy atom. The summed E-state index contributed by atoms with van der Waals surface area (Å²) in [5, 5.41) is 0. The fourth-order valence-electron chi connectivity index (χ4n) is 7.36. The molecule has 0 unspecified atom stereocenters. The summed E-state index contributed by atoms with van der Waals surface area (Å²) < 4.78 is 10.5. The minimum Gasteiger partial charge on any atom is -0.462 e. The first-order valence-electron chi connectivity index (χ1n) is 12.1. The minimum atomic E-state index is -0.486. The molecule has 2 N–H and O–H groups in total. The second kappa shape index (κ2) is 8.60. The summed E-state index contributed by atoms with van der Waals surface area (Å²) in [4.78, 5) is 23.1. The van der Waals surface area contributed by atoms with Crippen LogP contribution in [0.4, 0.5) is 4.79 Å². The van der Waals surface area contributed by atoms with E-state index in [2.05, 4.69) is 43.4 Å². The van der Waals surface area contributed by atoms with Crippen LogP contribution in [0.2, 0.25) is 0 Å².